The van der Waals surface area contributed by atoms with Crippen molar-refractivity contribution in [3.8, 4) is 0 Å². The summed E-state index contributed by atoms with van der Waals surface area (Å²) in [5.41, 5.74) is 2.16. The van der Waals surface area contributed by atoms with Crippen molar-refractivity contribution in [1.29, 1.82) is 0 Å². The van der Waals surface area contributed by atoms with Gasteiger partial charge >= 0.3 is 0 Å². The van der Waals surface area contributed by atoms with Gasteiger partial charge in [0.25, 0.3) is 0 Å². The molecule has 14 heavy (non-hydrogen) atoms. The van der Waals surface area contributed by atoms with Crippen LogP contribution in [0.5, 0.6) is 0 Å². The first kappa shape index (κ1) is 11.0. The summed E-state index contributed by atoms with van der Waals surface area (Å²) in [6.07, 6.45) is 1.69. The molecule has 1 rings (SSSR count). The number of aliphatic hydroxyl groups is 1. The van der Waals surface area contributed by atoms with Crippen molar-refractivity contribution >= 4 is 6.08 Å². The molecule has 0 spiro atoms. The number of hydrogen-bond acceptors (Lipinski definition) is 1. The van der Waals surface area contributed by atoms with Crippen LogP contribution >= 0.6 is 0 Å². The van der Waals surface area contributed by atoms with E-state index in [0.717, 1.165) is 11.1 Å². The lowest BCUT2D eigenvalue weighted by molar-refractivity contribution is 0.161. The average molecular weight is 190 g/mol. The molecule has 0 bridgehead atoms. The largest absolute Gasteiger partial charge is 0.388 e. The predicted octanol–water partition coefficient (Wildman–Crippen LogP) is 3.11. The van der Waals surface area contributed by atoms with Crippen LogP contribution in [0.4, 0.5) is 0 Å². The summed E-state index contributed by atoms with van der Waals surface area (Å²) < 4.78 is 0. The standard InChI is InChI=1S/C13H18O/c1-10(2)13(14)11(3)9-12-7-5-4-6-8-12/h4-10,13-14H,1-3H3/b11-9+/t13-/m1/s1. The first-order valence-electron chi connectivity index (χ1n) is 5.02. The number of aliphatic hydroxyl groups excluding tert-OH is 1. The molecule has 0 amide bonds. The van der Waals surface area contributed by atoms with E-state index in [1.54, 1.807) is 0 Å². The van der Waals surface area contributed by atoms with Gasteiger partial charge in [0.2, 0.25) is 0 Å². The summed E-state index contributed by atoms with van der Waals surface area (Å²) in [6.45, 7) is 6.01. The van der Waals surface area contributed by atoms with Crippen LogP contribution in [0.15, 0.2) is 35.9 Å². The first-order valence-corrected chi connectivity index (χ1v) is 5.02. The van der Waals surface area contributed by atoms with E-state index in [9.17, 15) is 5.11 Å². The molecule has 0 unspecified atom stereocenters. The topological polar surface area (TPSA) is 20.2 Å². The second-order valence-electron chi connectivity index (χ2n) is 3.99. The Morgan fingerprint density at radius 1 is 1.21 bits per heavy atom. The van der Waals surface area contributed by atoms with E-state index in [1.807, 2.05) is 57.2 Å². The van der Waals surface area contributed by atoms with E-state index in [1.165, 1.54) is 0 Å². The molecule has 0 saturated heterocycles. The van der Waals surface area contributed by atoms with Gasteiger partial charge < -0.3 is 5.11 Å². The molecule has 1 atom stereocenters. The zero-order valence-corrected chi connectivity index (χ0v) is 9.07. The molecule has 0 heterocycles. The van der Waals surface area contributed by atoms with Crippen LogP contribution in [0, 0.1) is 5.92 Å². The Balaban J connectivity index is 2.79. The van der Waals surface area contributed by atoms with Gasteiger partial charge in [-0.25, -0.2) is 0 Å². The van der Waals surface area contributed by atoms with Crippen LogP contribution in [0.25, 0.3) is 6.08 Å². The Hall–Kier alpha value is -1.08. The molecule has 1 aromatic carbocycles. The highest BCUT2D eigenvalue weighted by atomic mass is 16.3. The Morgan fingerprint density at radius 3 is 2.29 bits per heavy atom. The van der Waals surface area contributed by atoms with E-state index < -0.39 is 0 Å². The molecule has 0 aliphatic rings. The van der Waals surface area contributed by atoms with Crippen molar-refractivity contribution in [2.45, 2.75) is 26.9 Å². The van der Waals surface area contributed by atoms with Crippen molar-refractivity contribution < 1.29 is 5.11 Å². The molecule has 0 radical (unpaired) electrons. The maximum atomic E-state index is 9.79. The molecule has 1 aromatic rings. The highest BCUT2D eigenvalue weighted by Crippen LogP contribution is 2.14. The quantitative estimate of drug-likeness (QED) is 0.776. The number of benzene rings is 1. The molecule has 1 nitrogen and oxygen atoms in total. The summed E-state index contributed by atoms with van der Waals surface area (Å²) in [5.74, 6) is 0.273. The van der Waals surface area contributed by atoms with Gasteiger partial charge in [-0.15, -0.1) is 0 Å². The summed E-state index contributed by atoms with van der Waals surface area (Å²) in [7, 11) is 0. The van der Waals surface area contributed by atoms with Crippen molar-refractivity contribution in [2.75, 3.05) is 0 Å². The number of hydrogen-bond donors (Lipinski definition) is 1. The Labute approximate surface area is 86.1 Å². The van der Waals surface area contributed by atoms with Crippen LogP contribution in [0.3, 0.4) is 0 Å². The van der Waals surface area contributed by atoms with E-state index in [-0.39, 0.29) is 12.0 Å². The van der Waals surface area contributed by atoms with E-state index in [2.05, 4.69) is 0 Å². The zero-order valence-electron chi connectivity index (χ0n) is 9.07. The van der Waals surface area contributed by atoms with Gasteiger partial charge in [-0.05, 0) is 24.0 Å². The molecule has 0 fully saturated rings. The fourth-order valence-corrected chi connectivity index (χ4v) is 1.42. The summed E-state index contributed by atoms with van der Waals surface area (Å²) in [5, 5.41) is 9.79. The minimum Gasteiger partial charge on any atom is -0.388 e. The summed E-state index contributed by atoms with van der Waals surface area (Å²) in [6, 6.07) is 10.1. The Bertz CT molecular complexity index is 298. The minimum absolute atomic E-state index is 0.273. The third-order valence-electron chi connectivity index (χ3n) is 2.29. The predicted molar refractivity (Wildman–Crippen MR) is 60.9 cm³/mol. The van der Waals surface area contributed by atoms with E-state index in [4.69, 9.17) is 0 Å². The fourth-order valence-electron chi connectivity index (χ4n) is 1.42. The summed E-state index contributed by atoms with van der Waals surface area (Å²) >= 11 is 0. The van der Waals surface area contributed by atoms with Crippen LogP contribution in [0.1, 0.15) is 26.3 Å². The molecule has 0 aliphatic heterocycles. The highest BCUT2D eigenvalue weighted by Gasteiger charge is 2.10. The lowest BCUT2D eigenvalue weighted by atomic mass is 9.98. The van der Waals surface area contributed by atoms with Gasteiger partial charge in [0.1, 0.15) is 0 Å². The van der Waals surface area contributed by atoms with Crippen LogP contribution in [-0.2, 0) is 0 Å². The van der Waals surface area contributed by atoms with E-state index >= 15 is 0 Å². The molecule has 1 heteroatoms. The SMILES string of the molecule is C/C(=C\c1ccccc1)[C@H](O)C(C)C. The van der Waals surface area contributed by atoms with Crippen molar-refractivity contribution in [3.63, 3.8) is 0 Å². The monoisotopic (exact) mass is 190 g/mol. The highest BCUT2D eigenvalue weighted by molar-refractivity contribution is 5.52. The fraction of sp³-hybridized carbons (Fsp3) is 0.385. The minimum atomic E-state index is -0.338. The third kappa shape index (κ3) is 3.00. The Kier molecular flexibility index (Phi) is 3.90. The van der Waals surface area contributed by atoms with Gasteiger partial charge in [0, 0.05) is 0 Å². The third-order valence-corrected chi connectivity index (χ3v) is 2.29. The van der Waals surface area contributed by atoms with Crippen molar-refractivity contribution in [2.24, 2.45) is 5.92 Å². The van der Waals surface area contributed by atoms with Gasteiger partial charge in [0.05, 0.1) is 6.10 Å². The van der Waals surface area contributed by atoms with Crippen molar-refractivity contribution in [3.05, 3.63) is 41.5 Å². The molecule has 1 N–H and O–H groups in total. The Morgan fingerprint density at radius 2 is 1.79 bits per heavy atom. The van der Waals surface area contributed by atoms with Crippen molar-refractivity contribution in [1.82, 2.24) is 0 Å². The first-order chi connectivity index (χ1) is 6.61. The van der Waals surface area contributed by atoms with Gasteiger partial charge in [-0.2, -0.15) is 0 Å². The second-order valence-corrected chi connectivity index (χ2v) is 3.99. The maximum absolute atomic E-state index is 9.79. The van der Waals surface area contributed by atoms with Gasteiger partial charge in [-0.3, -0.25) is 0 Å². The van der Waals surface area contributed by atoms with Gasteiger partial charge in [-0.1, -0.05) is 50.3 Å². The smallest absolute Gasteiger partial charge is 0.0773 e. The average Bonchev–Trinajstić information content (AvgIpc) is 2.18. The van der Waals surface area contributed by atoms with Crippen LogP contribution in [-0.4, -0.2) is 11.2 Å². The molecular weight excluding hydrogens is 172 g/mol. The van der Waals surface area contributed by atoms with E-state index in [0.29, 0.717) is 0 Å². The molecule has 0 saturated carbocycles. The normalized spacial score (nSPS) is 14.5. The van der Waals surface area contributed by atoms with Crippen LogP contribution in [0.2, 0.25) is 0 Å². The zero-order chi connectivity index (χ0) is 10.6. The molecule has 0 aromatic heterocycles. The molecule has 0 aliphatic carbocycles. The lowest BCUT2D eigenvalue weighted by Crippen LogP contribution is -2.15. The molecule has 76 valence electrons. The van der Waals surface area contributed by atoms with Crippen LogP contribution < -0.4 is 0 Å². The maximum Gasteiger partial charge on any atom is 0.0773 e. The second kappa shape index (κ2) is 4.97. The number of rotatable bonds is 3. The van der Waals surface area contributed by atoms with Gasteiger partial charge in [0.15, 0.2) is 0 Å². The summed E-state index contributed by atoms with van der Waals surface area (Å²) in [4.78, 5) is 0. The lowest BCUT2D eigenvalue weighted by Gasteiger charge is -2.14. The molecular formula is C13H18O.